The molecular weight excluding hydrogens is 436 g/mol. The van der Waals surface area contributed by atoms with Crippen molar-refractivity contribution in [1.82, 2.24) is 19.8 Å². The number of nitrogens with one attached hydrogen (secondary N) is 1. The van der Waals surface area contributed by atoms with Crippen molar-refractivity contribution in [2.45, 2.75) is 66.0 Å². The van der Waals surface area contributed by atoms with E-state index < -0.39 is 6.04 Å². The summed E-state index contributed by atoms with van der Waals surface area (Å²) in [6.45, 7) is 12.3. The third-order valence-corrected chi connectivity index (χ3v) is 6.03. The van der Waals surface area contributed by atoms with Gasteiger partial charge in [-0.05, 0) is 70.9 Å². The molecule has 1 unspecified atom stereocenters. The Balaban J connectivity index is 2.25. The number of benzene rings is 2. The maximum atomic E-state index is 13.7. The summed E-state index contributed by atoms with van der Waals surface area (Å²) >= 11 is 6.41. The number of carbonyl (C=O) groups excluding carboxylic acids is 1. The van der Waals surface area contributed by atoms with Crippen molar-refractivity contribution >= 4 is 28.5 Å². The molecule has 6 nitrogen and oxygen atoms in total. The van der Waals surface area contributed by atoms with Crippen LogP contribution in [-0.2, 0) is 0 Å². The fraction of sp³-hybridized carbons (Fsp3) is 0.423. The van der Waals surface area contributed by atoms with Crippen LogP contribution in [0.5, 0.6) is 0 Å². The number of fused-ring (bicyclic) bond motifs is 1. The molecule has 1 N–H and O–H groups in total. The van der Waals surface area contributed by atoms with Gasteiger partial charge in [-0.25, -0.2) is 9.78 Å². The van der Waals surface area contributed by atoms with E-state index in [1.54, 1.807) is 21.6 Å². The van der Waals surface area contributed by atoms with E-state index in [4.69, 9.17) is 16.6 Å². The molecule has 0 aliphatic rings. The van der Waals surface area contributed by atoms with Crippen molar-refractivity contribution in [2.75, 3.05) is 6.54 Å². The van der Waals surface area contributed by atoms with Gasteiger partial charge < -0.3 is 10.2 Å². The number of para-hydroxylation sites is 1. The fourth-order valence-corrected chi connectivity index (χ4v) is 4.00. The second-order valence-corrected chi connectivity index (χ2v) is 9.82. The van der Waals surface area contributed by atoms with E-state index in [1.165, 1.54) is 0 Å². The molecule has 0 radical (unpaired) electrons. The maximum absolute atomic E-state index is 13.7. The third-order valence-electron chi connectivity index (χ3n) is 5.62. The van der Waals surface area contributed by atoms with Gasteiger partial charge >= 0.3 is 6.03 Å². The zero-order valence-electron chi connectivity index (χ0n) is 20.3. The van der Waals surface area contributed by atoms with E-state index in [0.29, 0.717) is 34.0 Å². The van der Waals surface area contributed by atoms with Crippen LogP contribution in [0.2, 0.25) is 5.02 Å². The lowest BCUT2D eigenvalue weighted by Crippen LogP contribution is -2.50. The van der Waals surface area contributed by atoms with Crippen LogP contribution in [0.4, 0.5) is 4.79 Å². The summed E-state index contributed by atoms with van der Waals surface area (Å²) in [5.41, 5.74) is 1.48. The highest BCUT2D eigenvalue weighted by molar-refractivity contribution is 6.31. The number of hydrogen-bond acceptors (Lipinski definition) is 3. The van der Waals surface area contributed by atoms with Crippen LogP contribution in [0, 0.1) is 6.92 Å². The SMILES string of the molecule is CCCCN(C(=O)NC(C)(C)C)C(C)c1nc2ccccc2c(=O)n1-c1cccc(Cl)c1C. The van der Waals surface area contributed by atoms with Gasteiger partial charge in [0.1, 0.15) is 5.82 Å². The Hall–Kier alpha value is -2.86. The number of aromatic nitrogens is 2. The highest BCUT2D eigenvalue weighted by atomic mass is 35.5. The standard InChI is InChI=1S/C26H33ClN4O2/c1-7-8-16-30(25(33)29-26(4,5)6)18(3)23-28-21-14-10-9-12-19(21)24(32)31(23)22-15-11-13-20(27)17(22)2/h9-15,18H,7-8,16H2,1-6H3,(H,29,33). The number of rotatable bonds is 6. The van der Waals surface area contributed by atoms with E-state index in [-0.39, 0.29) is 17.1 Å². The molecule has 3 rings (SSSR count). The molecule has 1 heterocycles. The lowest BCUT2D eigenvalue weighted by Gasteiger charge is -2.33. The smallest absolute Gasteiger partial charge is 0.318 e. The third kappa shape index (κ3) is 5.38. The molecule has 176 valence electrons. The molecule has 3 aromatic rings. The topological polar surface area (TPSA) is 67.2 Å². The largest absolute Gasteiger partial charge is 0.333 e. The summed E-state index contributed by atoms with van der Waals surface area (Å²) in [7, 11) is 0. The first-order chi connectivity index (χ1) is 15.5. The number of unbranched alkanes of at least 4 members (excludes halogenated alkanes) is 1. The Morgan fingerprint density at radius 3 is 2.55 bits per heavy atom. The predicted molar refractivity (Wildman–Crippen MR) is 135 cm³/mol. The van der Waals surface area contributed by atoms with Gasteiger partial charge in [0.15, 0.2) is 0 Å². The number of nitrogens with zero attached hydrogens (tertiary/aromatic N) is 3. The summed E-state index contributed by atoms with van der Waals surface area (Å²) in [5.74, 6) is 0.504. The van der Waals surface area contributed by atoms with E-state index in [0.717, 1.165) is 18.4 Å². The zero-order valence-corrected chi connectivity index (χ0v) is 21.0. The molecular formula is C26H33ClN4O2. The summed E-state index contributed by atoms with van der Waals surface area (Å²) < 4.78 is 1.61. The van der Waals surface area contributed by atoms with E-state index >= 15 is 0 Å². The van der Waals surface area contributed by atoms with Gasteiger partial charge in [0.25, 0.3) is 5.56 Å². The van der Waals surface area contributed by atoms with E-state index in [9.17, 15) is 9.59 Å². The number of hydrogen-bond donors (Lipinski definition) is 1. The Morgan fingerprint density at radius 2 is 1.88 bits per heavy atom. The predicted octanol–water partition coefficient (Wildman–Crippen LogP) is 6.02. The molecule has 0 aliphatic heterocycles. The first kappa shape index (κ1) is 24.8. The second-order valence-electron chi connectivity index (χ2n) is 9.41. The minimum atomic E-state index is -0.449. The molecule has 0 saturated carbocycles. The molecule has 0 spiro atoms. The van der Waals surface area contributed by atoms with Crippen molar-refractivity contribution in [1.29, 1.82) is 0 Å². The lowest BCUT2D eigenvalue weighted by molar-refractivity contribution is 0.166. The molecule has 0 saturated heterocycles. The number of halogens is 1. The number of amides is 2. The summed E-state index contributed by atoms with van der Waals surface area (Å²) in [6, 6.07) is 12.1. The quantitative estimate of drug-likeness (QED) is 0.481. The van der Waals surface area contributed by atoms with Gasteiger partial charge in [-0.1, -0.05) is 43.1 Å². The highest BCUT2D eigenvalue weighted by Gasteiger charge is 2.29. The van der Waals surface area contributed by atoms with Gasteiger partial charge in [0.05, 0.1) is 22.6 Å². The minimum absolute atomic E-state index is 0.180. The van der Waals surface area contributed by atoms with Crippen molar-refractivity contribution < 1.29 is 4.79 Å². The van der Waals surface area contributed by atoms with Crippen LogP contribution in [-0.4, -0.2) is 32.6 Å². The molecule has 2 aromatic carbocycles. The molecule has 33 heavy (non-hydrogen) atoms. The highest BCUT2D eigenvalue weighted by Crippen LogP contribution is 2.27. The molecule has 2 amide bonds. The fourth-order valence-electron chi connectivity index (χ4n) is 3.83. The van der Waals surface area contributed by atoms with Crippen molar-refractivity contribution in [3.63, 3.8) is 0 Å². The normalized spacial score (nSPS) is 12.6. The Labute approximate surface area is 200 Å². The number of carbonyl (C=O) groups is 1. The summed E-state index contributed by atoms with van der Waals surface area (Å²) in [5, 5.41) is 4.15. The first-order valence-electron chi connectivity index (χ1n) is 11.4. The van der Waals surface area contributed by atoms with E-state index in [2.05, 4.69) is 12.2 Å². The average molecular weight is 469 g/mol. The first-order valence-corrected chi connectivity index (χ1v) is 11.8. The Bertz CT molecular complexity index is 1210. The van der Waals surface area contributed by atoms with Gasteiger partial charge in [-0.2, -0.15) is 0 Å². The van der Waals surface area contributed by atoms with Crippen LogP contribution in [0.15, 0.2) is 47.3 Å². The van der Waals surface area contributed by atoms with Gasteiger partial charge in [0.2, 0.25) is 0 Å². The van der Waals surface area contributed by atoms with Crippen LogP contribution in [0.25, 0.3) is 16.6 Å². The van der Waals surface area contributed by atoms with Gasteiger partial charge in [-0.3, -0.25) is 9.36 Å². The van der Waals surface area contributed by atoms with Crippen LogP contribution < -0.4 is 10.9 Å². The molecule has 1 atom stereocenters. The van der Waals surface area contributed by atoms with Crippen molar-refractivity contribution in [2.24, 2.45) is 0 Å². The Kier molecular flexibility index (Phi) is 7.48. The van der Waals surface area contributed by atoms with Gasteiger partial charge in [0, 0.05) is 17.1 Å². The monoisotopic (exact) mass is 468 g/mol. The van der Waals surface area contributed by atoms with Gasteiger partial charge in [-0.15, -0.1) is 0 Å². The molecule has 0 bridgehead atoms. The van der Waals surface area contributed by atoms with Crippen LogP contribution in [0.3, 0.4) is 0 Å². The molecule has 0 fully saturated rings. The Morgan fingerprint density at radius 1 is 1.18 bits per heavy atom. The minimum Gasteiger partial charge on any atom is -0.333 e. The van der Waals surface area contributed by atoms with Crippen LogP contribution in [0.1, 0.15) is 64.9 Å². The van der Waals surface area contributed by atoms with Crippen molar-refractivity contribution in [3.05, 3.63) is 69.2 Å². The molecule has 0 aliphatic carbocycles. The molecule has 1 aromatic heterocycles. The number of urea groups is 1. The van der Waals surface area contributed by atoms with E-state index in [1.807, 2.05) is 65.0 Å². The summed E-state index contributed by atoms with van der Waals surface area (Å²) in [4.78, 5) is 33.6. The lowest BCUT2D eigenvalue weighted by atomic mass is 10.1. The second kappa shape index (κ2) is 9.96. The molecule has 7 heteroatoms. The van der Waals surface area contributed by atoms with Crippen LogP contribution >= 0.6 is 11.6 Å². The zero-order chi connectivity index (χ0) is 24.3. The average Bonchev–Trinajstić information content (AvgIpc) is 2.75. The summed E-state index contributed by atoms with van der Waals surface area (Å²) in [6.07, 6.45) is 1.79. The van der Waals surface area contributed by atoms with Crippen molar-refractivity contribution in [3.8, 4) is 5.69 Å². The maximum Gasteiger partial charge on any atom is 0.318 e.